The molecule has 0 radical (unpaired) electrons. The topological polar surface area (TPSA) is 15.3 Å². The fourth-order valence-electron chi connectivity index (χ4n) is 1.71. The first-order chi connectivity index (χ1) is 7.17. The minimum absolute atomic E-state index is 0.0666. The van der Waals surface area contributed by atoms with E-state index < -0.39 is 7.59 Å². The molecule has 16 heavy (non-hydrogen) atoms. The molecule has 1 aliphatic rings. The van der Waals surface area contributed by atoms with Crippen molar-refractivity contribution in [3.63, 3.8) is 0 Å². The van der Waals surface area contributed by atoms with Crippen LogP contribution < -0.4 is 5.32 Å². The summed E-state index contributed by atoms with van der Waals surface area (Å²) in [4.78, 5) is 2.03. The Hall–Kier alpha value is 1.66. The van der Waals surface area contributed by atoms with Crippen molar-refractivity contribution in [2.24, 2.45) is 0 Å². The number of nitrogens with one attached hydrogen (secondary N) is 1. The van der Waals surface area contributed by atoms with E-state index in [1.807, 2.05) is 4.90 Å². The summed E-state index contributed by atoms with van der Waals surface area (Å²) in [5.74, 6) is 0. The third-order valence-electron chi connectivity index (χ3n) is 2.32. The van der Waals surface area contributed by atoms with Gasteiger partial charge in [0.05, 0.1) is 0 Å². The Balaban J connectivity index is 2.57. The first-order valence-electron chi connectivity index (χ1n) is 4.76. The lowest BCUT2D eigenvalue weighted by atomic mass is 10.1. The van der Waals surface area contributed by atoms with E-state index in [1.165, 1.54) is 0 Å². The average Bonchev–Trinajstić information content (AvgIpc) is 2.03. The van der Waals surface area contributed by atoms with E-state index in [2.05, 4.69) is 5.32 Å². The van der Waals surface area contributed by atoms with E-state index in [4.69, 9.17) is 69.6 Å². The van der Waals surface area contributed by atoms with E-state index in [0.29, 0.717) is 13.0 Å². The summed E-state index contributed by atoms with van der Waals surface area (Å²) in [7, 11) is 0. The summed E-state index contributed by atoms with van der Waals surface area (Å²) in [5.41, 5.74) is 0. The van der Waals surface area contributed by atoms with Crippen molar-refractivity contribution in [2.75, 3.05) is 26.2 Å². The van der Waals surface area contributed by atoms with Crippen molar-refractivity contribution in [2.45, 2.75) is 20.0 Å². The molecule has 0 saturated carbocycles. The summed E-state index contributed by atoms with van der Waals surface area (Å²) in [5, 5.41) is 3.23. The number of rotatable bonds is 2. The Morgan fingerprint density at radius 2 is 1.69 bits per heavy atom. The Morgan fingerprint density at radius 3 is 2.19 bits per heavy atom. The summed E-state index contributed by atoms with van der Waals surface area (Å²) in [6, 6.07) is 0.0666. The molecule has 0 aliphatic carbocycles. The van der Waals surface area contributed by atoms with Gasteiger partial charge in [0, 0.05) is 38.6 Å². The van der Waals surface area contributed by atoms with Gasteiger partial charge in [0.1, 0.15) is 0 Å². The fourth-order valence-corrected chi connectivity index (χ4v) is 2.70. The SMILES string of the molecule is ClC(Cl)(Cl)CC1CNCCN1CC(Cl)(Cl)Cl. The van der Waals surface area contributed by atoms with Crippen LogP contribution in [0.4, 0.5) is 0 Å². The molecule has 1 rings (SSSR count). The van der Waals surface area contributed by atoms with Crippen molar-refractivity contribution in [1.82, 2.24) is 10.2 Å². The second kappa shape index (κ2) is 6.21. The Morgan fingerprint density at radius 1 is 1.06 bits per heavy atom. The molecular weight excluding hydrogens is 337 g/mol. The molecule has 0 spiro atoms. The molecule has 1 aliphatic heterocycles. The van der Waals surface area contributed by atoms with Gasteiger partial charge in [0.15, 0.2) is 3.79 Å². The first kappa shape index (κ1) is 15.7. The van der Waals surface area contributed by atoms with Crippen LogP contribution in [-0.4, -0.2) is 44.7 Å². The molecule has 0 bridgehead atoms. The van der Waals surface area contributed by atoms with Crippen molar-refractivity contribution in [3.05, 3.63) is 0 Å². The van der Waals surface area contributed by atoms with Gasteiger partial charge in [-0.25, -0.2) is 0 Å². The van der Waals surface area contributed by atoms with Crippen LogP contribution in [0.5, 0.6) is 0 Å². The van der Waals surface area contributed by atoms with E-state index in [0.717, 1.165) is 19.6 Å². The molecule has 2 nitrogen and oxygen atoms in total. The largest absolute Gasteiger partial charge is 0.314 e. The number of hydrogen-bond donors (Lipinski definition) is 1. The lowest BCUT2D eigenvalue weighted by Gasteiger charge is -2.39. The Bertz CT molecular complexity index is 200. The van der Waals surface area contributed by atoms with E-state index in [9.17, 15) is 0 Å². The van der Waals surface area contributed by atoms with Crippen LogP contribution in [0.2, 0.25) is 0 Å². The number of alkyl halides is 6. The van der Waals surface area contributed by atoms with Gasteiger partial charge < -0.3 is 5.32 Å². The molecule has 8 heteroatoms. The monoisotopic (exact) mass is 346 g/mol. The zero-order chi connectivity index (χ0) is 12.4. The van der Waals surface area contributed by atoms with Gasteiger partial charge in [-0.05, 0) is 0 Å². The minimum Gasteiger partial charge on any atom is -0.314 e. The maximum absolute atomic E-state index is 5.78. The predicted molar refractivity (Wildman–Crippen MR) is 73.4 cm³/mol. The molecule has 1 heterocycles. The van der Waals surface area contributed by atoms with Gasteiger partial charge in [0.2, 0.25) is 3.79 Å². The number of nitrogens with zero attached hydrogens (tertiary/aromatic N) is 1. The van der Waals surface area contributed by atoms with Crippen LogP contribution in [0, 0.1) is 0 Å². The maximum atomic E-state index is 5.78. The smallest absolute Gasteiger partial charge is 0.203 e. The van der Waals surface area contributed by atoms with Crippen LogP contribution in [-0.2, 0) is 0 Å². The van der Waals surface area contributed by atoms with E-state index in [1.54, 1.807) is 0 Å². The summed E-state index contributed by atoms with van der Waals surface area (Å²) < 4.78 is -2.58. The predicted octanol–water partition coefficient (Wildman–Crippen LogP) is 3.39. The molecule has 1 saturated heterocycles. The third-order valence-corrected chi connectivity index (χ3v) is 3.14. The van der Waals surface area contributed by atoms with Gasteiger partial charge in [-0.2, -0.15) is 0 Å². The first-order valence-corrected chi connectivity index (χ1v) is 7.02. The van der Waals surface area contributed by atoms with E-state index in [-0.39, 0.29) is 6.04 Å². The zero-order valence-electron chi connectivity index (χ0n) is 8.33. The van der Waals surface area contributed by atoms with Crippen LogP contribution in [0.25, 0.3) is 0 Å². The third kappa shape index (κ3) is 6.55. The second-order valence-electron chi connectivity index (χ2n) is 3.76. The van der Waals surface area contributed by atoms with Crippen molar-refractivity contribution in [1.29, 1.82) is 0 Å². The Labute approximate surface area is 125 Å². The van der Waals surface area contributed by atoms with Crippen LogP contribution in [0.3, 0.4) is 0 Å². The van der Waals surface area contributed by atoms with Gasteiger partial charge in [-0.1, -0.05) is 69.6 Å². The highest BCUT2D eigenvalue weighted by molar-refractivity contribution is 6.68. The summed E-state index contributed by atoms with van der Waals surface area (Å²) >= 11 is 34.7. The highest BCUT2D eigenvalue weighted by atomic mass is 35.6. The van der Waals surface area contributed by atoms with E-state index >= 15 is 0 Å². The Kier molecular flexibility index (Phi) is 6.10. The normalized spacial score (nSPS) is 24.8. The average molecular weight is 349 g/mol. The van der Waals surface area contributed by atoms with Crippen LogP contribution in [0.15, 0.2) is 0 Å². The van der Waals surface area contributed by atoms with Gasteiger partial charge >= 0.3 is 0 Å². The summed E-state index contributed by atoms with van der Waals surface area (Å²) in [6.45, 7) is 2.69. The highest BCUT2D eigenvalue weighted by Gasteiger charge is 2.34. The van der Waals surface area contributed by atoms with Gasteiger partial charge in [-0.3, -0.25) is 4.90 Å². The number of halogens is 6. The molecular formula is C8H12Cl6N2. The van der Waals surface area contributed by atoms with Crippen molar-refractivity contribution >= 4 is 69.6 Å². The van der Waals surface area contributed by atoms with Crippen molar-refractivity contribution in [3.8, 4) is 0 Å². The molecule has 0 amide bonds. The molecule has 96 valence electrons. The summed E-state index contributed by atoms with van der Waals surface area (Å²) in [6.07, 6.45) is 0.408. The fraction of sp³-hybridized carbons (Fsp3) is 1.00. The molecule has 0 aromatic carbocycles. The molecule has 0 aromatic rings. The van der Waals surface area contributed by atoms with Crippen LogP contribution >= 0.6 is 69.6 Å². The standard InChI is InChI=1S/C8H12Cl6N2/c9-7(10,11)3-6-4-15-1-2-16(6)5-8(12,13)14/h6,15H,1-5H2. The quantitative estimate of drug-likeness (QED) is 0.769. The lowest BCUT2D eigenvalue weighted by molar-refractivity contribution is 0.157. The number of hydrogen-bond acceptors (Lipinski definition) is 2. The minimum atomic E-state index is -1.30. The highest BCUT2D eigenvalue weighted by Crippen LogP contribution is 2.35. The molecule has 1 atom stereocenters. The number of piperazine rings is 1. The maximum Gasteiger partial charge on any atom is 0.203 e. The zero-order valence-corrected chi connectivity index (χ0v) is 12.9. The van der Waals surface area contributed by atoms with Crippen LogP contribution in [0.1, 0.15) is 6.42 Å². The molecule has 1 N–H and O–H groups in total. The van der Waals surface area contributed by atoms with Crippen molar-refractivity contribution < 1.29 is 0 Å². The second-order valence-corrected chi connectivity index (χ2v) is 8.80. The van der Waals surface area contributed by atoms with Gasteiger partial charge in [-0.15, -0.1) is 0 Å². The molecule has 1 fully saturated rings. The molecule has 1 unspecified atom stereocenters. The molecule has 0 aromatic heterocycles. The van der Waals surface area contributed by atoms with Gasteiger partial charge in [0.25, 0.3) is 0 Å². The lowest BCUT2D eigenvalue weighted by Crippen LogP contribution is -2.54.